The topological polar surface area (TPSA) is 77.2 Å². The summed E-state index contributed by atoms with van der Waals surface area (Å²) in [4.78, 5) is 18.7. The minimum Gasteiger partial charge on any atom is -0.394 e. The van der Waals surface area contributed by atoms with E-state index in [1.54, 1.807) is 35.4 Å². The largest absolute Gasteiger partial charge is 0.394 e. The van der Waals surface area contributed by atoms with E-state index in [1.807, 2.05) is 31.2 Å². The predicted octanol–water partition coefficient (Wildman–Crippen LogP) is 2.37. The number of amides is 1. The van der Waals surface area contributed by atoms with Gasteiger partial charge in [-0.05, 0) is 36.8 Å². The van der Waals surface area contributed by atoms with Gasteiger partial charge in [-0.2, -0.15) is 5.26 Å². The molecule has 0 bridgehead atoms. The third-order valence-corrected chi connectivity index (χ3v) is 3.68. The molecule has 1 N–H and O–H groups in total. The van der Waals surface area contributed by atoms with Crippen molar-refractivity contribution in [1.82, 2.24) is 9.88 Å². The number of carbonyl (C=O) groups excluding carboxylic acids is 1. The summed E-state index contributed by atoms with van der Waals surface area (Å²) in [5.74, 6) is -0.214. The van der Waals surface area contributed by atoms with Crippen LogP contribution in [0.4, 0.5) is 0 Å². The Morgan fingerprint density at radius 3 is 2.78 bits per heavy atom. The molecule has 0 aliphatic rings. The lowest BCUT2D eigenvalue weighted by atomic mass is 10.1. The third kappa shape index (κ3) is 4.15. The molecule has 0 saturated carbocycles. The highest BCUT2D eigenvalue weighted by Crippen LogP contribution is 2.15. The number of hydrogen-bond donors (Lipinski definition) is 1. The van der Waals surface area contributed by atoms with Crippen LogP contribution in [0.1, 0.15) is 35.0 Å². The fraction of sp³-hybridized carbons (Fsp3) is 0.278. The van der Waals surface area contributed by atoms with E-state index in [4.69, 9.17) is 5.26 Å². The molecular weight excluding hydrogens is 290 g/mol. The zero-order chi connectivity index (χ0) is 16.7. The zero-order valence-electron chi connectivity index (χ0n) is 13.0. The van der Waals surface area contributed by atoms with E-state index in [9.17, 15) is 9.90 Å². The van der Waals surface area contributed by atoms with E-state index in [0.717, 1.165) is 5.69 Å². The second kappa shape index (κ2) is 8.06. The summed E-state index contributed by atoms with van der Waals surface area (Å²) in [6.07, 6.45) is 2.31. The average Bonchev–Trinajstić information content (AvgIpc) is 2.62. The van der Waals surface area contributed by atoms with Gasteiger partial charge in [-0.15, -0.1) is 0 Å². The highest BCUT2D eigenvalue weighted by Gasteiger charge is 2.24. The first kappa shape index (κ1) is 16.7. The number of benzene rings is 1. The van der Waals surface area contributed by atoms with E-state index in [0.29, 0.717) is 24.1 Å². The van der Waals surface area contributed by atoms with Crippen molar-refractivity contribution in [3.8, 4) is 6.07 Å². The van der Waals surface area contributed by atoms with E-state index >= 15 is 0 Å². The van der Waals surface area contributed by atoms with E-state index < -0.39 is 0 Å². The normalized spacial score (nSPS) is 11.5. The van der Waals surface area contributed by atoms with Gasteiger partial charge in [0.15, 0.2) is 0 Å². The highest BCUT2D eigenvalue weighted by molar-refractivity contribution is 5.94. The molecule has 1 amide bonds. The summed E-state index contributed by atoms with van der Waals surface area (Å²) < 4.78 is 0. The summed E-state index contributed by atoms with van der Waals surface area (Å²) in [5.41, 5.74) is 1.63. The lowest BCUT2D eigenvalue weighted by Gasteiger charge is -2.30. The van der Waals surface area contributed by atoms with Crippen molar-refractivity contribution in [3.63, 3.8) is 0 Å². The summed E-state index contributed by atoms with van der Waals surface area (Å²) in [6, 6.07) is 13.8. The molecule has 1 atom stereocenters. The maximum absolute atomic E-state index is 12.9. The second-order valence-electron chi connectivity index (χ2n) is 5.19. The predicted molar refractivity (Wildman–Crippen MR) is 86.4 cm³/mol. The Kier molecular flexibility index (Phi) is 5.84. The first-order valence-corrected chi connectivity index (χ1v) is 7.51. The number of rotatable bonds is 6. The van der Waals surface area contributed by atoms with Crippen LogP contribution in [0, 0.1) is 11.3 Å². The van der Waals surface area contributed by atoms with Crippen molar-refractivity contribution in [1.29, 1.82) is 5.26 Å². The smallest absolute Gasteiger partial charge is 0.254 e. The summed E-state index contributed by atoms with van der Waals surface area (Å²) in [7, 11) is 0. The van der Waals surface area contributed by atoms with Gasteiger partial charge in [0.1, 0.15) is 0 Å². The van der Waals surface area contributed by atoms with Gasteiger partial charge in [0, 0.05) is 11.8 Å². The Morgan fingerprint density at radius 1 is 1.35 bits per heavy atom. The molecule has 1 aromatic carbocycles. The van der Waals surface area contributed by atoms with Crippen molar-refractivity contribution < 1.29 is 9.90 Å². The molecule has 1 heterocycles. The molecule has 0 aliphatic carbocycles. The summed E-state index contributed by atoms with van der Waals surface area (Å²) >= 11 is 0. The minimum absolute atomic E-state index is 0.118. The summed E-state index contributed by atoms with van der Waals surface area (Å²) in [5, 5.41) is 18.6. The van der Waals surface area contributed by atoms with Gasteiger partial charge in [0.25, 0.3) is 5.91 Å². The van der Waals surface area contributed by atoms with Crippen molar-refractivity contribution in [2.45, 2.75) is 25.9 Å². The van der Waals surface area contributed by atoms with Crippen LogP contribution in [0.5, 0.6) is 0 Å². The number of nitrogens with zero attached hydrogens (tertiary/aromatic N) is 3. The molecular formula is C18H19N3O2. The standard InChI is InChI=1S/C18H19N3O2/c1-2-17(13-22)21(12-16-8-3-4-9-20-16)18(23)15-7-5-6-14(10-15)11-19/h3-10,17,22H,2,12-13H2,1H3/t17-/m1/s1. The van der Waals surface area contributed by atoms with E-state index in [2.05, 4.69) is 4.98 Å². The van der Waals surface area contributed by atoms with Gasteiger partial charge >= 0.3 is 0 Å². The van der Waals surface area contributed by atoms with Crippen LogP contribution >= 0.6 is 0 Å². The molecule has 0 radical (unpaired) electrons. The van der Waals surface area contributed by atoms with Gasteiger partial charge in [0.2, 0.25) is 0 Å². The van der Waals surface area contributed by atoms with Gasteiger partial charge in [-0.1, -0.05) is 19.1 Å². The minimum atomic E-state index is -0.296. The second-order valence-corrected chi connectivity index (χ2v) is 5.19. The number of carbonyl (C=O) groups is 1. The van der Waals surface area contributed by atoms with Crippen LogP contribution in [-0.2, 0) is 6.54 Å². The van der Waals surface area contributed by atoms with Crippen molar-refractivity contribution >= 4 is 5.91 Å². The van der Waals surface area contributed by atoms with Crippen LogP contribution in [0.25, 0.3) is 0 Å². The van der Waals surface area contributed by atoms with Crippen LogP contribution in [0.2, 0.25) is 0 Å². The fourth-order valence-corrected chi connectivity index (χ4v) is 2.37. The van der Waals surface area contributed by atoms with Gasteiger partial charge in [-0.25, -0.2) is 0 Å². The molecule has 0 unspecified atom stereocenters. The van der Waals surface area contributed by atoms with Gasteiger partial charge < -0.3 is 10.0 Å². The van der Waals surface area contributed by atoms with Crippen LogP contribution in [0.15, 0.2) is 48.7 Å². The van der Waals surface area contributed by atoms with Gasteiger partial charge in [0.05, 0.1) is 36.5 Å². The summed E-state index contributed by atoms with van der Waals surface area (Å²) in [6.45, 7) is 2.12. The van der Waals surface area contributed by atoms with Crippen molar-refractivity contribution in [3.05, 3.63) is 65.5 Å². The average molecular weight is 309 g/mol. The Balaban J connectivity index is 2.32. The molecule has 0 fully saturated rings. The lowest BCUT2D eigenvalue weighted by molar-refractivity contribution is 0.0560. The zero-order valence-corrected chi connectivity index (χ0v) is 13.0. The third-order valence-electron chi connectivity index (χ3n) is 3.68. The van der Waals surface area contributed by atoms with E-state index in [-0.39, 0.29) is 18.6 Å². The Bertz CT molecular complexity index is 691. The quantitative estimate of drug-likeness (QED) is 0.888. The molecule has 2 aromatic rings. The molecule has 2 rings (SSSR count). The number of aliphatic hydroxyl groups excluding tert-OH is 1. The Labute approximate surface area is 135 Å². The molecule has 5 nitrogen and oxygen atoms in total. The van der Waals surface area contributed by atoms with E-state index in [1.165, 1.54) is 0 Å². The number of aromatic nitrogens is 1. The molecule has 0 aliphatic heterocycles. The maximum atomic E-state index is 12.9. The molecule has 5 heteroatoms. The monoisotopic (exact) mass is 309 g/mol. The SMILES string of the molecule is CC[C@H](CO)N(Cc1ccccn1)C(=O)c1cccc(C#N)c1. The van der Waals surface area contributed by atoms with Crippen LogP contribution < -0.4 is 0 Å². The van der Waals surface area contributed by atoms with Crippen LogP contribution in [-0.4, -0.2) is 33.5 Å². The number of hydrogen-bond acceptors (Lipinski definition) is 4. The molecule has 1 aromatic heterocycles. The maximum Gasteiger partial charge on any atom is 0.254 e. The van der Waals surface area contributed by atoms with Gasteiger partial charge in [-0.3, -0.25) is 9.78 Å². The lowest BCUT2D eigenvalue weighted by Crippen LogP contribution is -2.41. The Hall–Kier alpha value is -2.71. The number of aliphatic hydroxyl groups is 1. The molecule has 23 heavy (non-hydrogen) atoms. The first-order chi connectivity index (χ1) is 11.2. The number of nitriles is 1. The molecule has 118 valence electrons. The Morgan fingerprint density at radius 2 is 2.17 bits per heavy atom. The molecule has 0 spiro atoms. The van der Waals surface area contributed by atoms with Crippen LogP contribution in [0.3, 0.4) is 0 Å². The fourth-order valence-electron chi connectivity index (χ4n) is 2.37. The highest BCUT2D eigenvalue weighted by atomic mass is 16.3. The number of pyridine rings is 1. The molecule has 0 saturated heterocycles. The first-order valence-electron chi connectivity index (χ1n) is 7.51. The van der Waals surface area contributed by atoms with Crippen molar-refractivity contribution in [2.24, 2.45) is 0 Å². The van der Waals surface area contributed by atoms with Crippen molar-refractivity contribution in [2.75, 3.05) is 6.61 Å².